The molecule has 3 saturated heterocycles. The molecule has 45 heavy (non-hydrogen) atoms. The summed E-state index contributed by atoms with van der Waals surface area (Å²) in [6.07, 6.45) is -11.9. The van der Waals surface area contributed by atoms with Crippen LogP contribution in [0.1, 0.15) is 35.1 Å². The zero-order chi connectivity index (χ0) is 32.4. The number of nitrogens with zero attached hydrogens (tertiary/aromatic N) is 4. The minimum absolute atomic E-state index is 0.00311. The van der Waals surface area contributed by atoms with Crippen LogP contribution in [0.2, 0.25) is 0 Å². The first-order chi connectivity index (χ1) is 21.3. The number of carbonyl (C=O) groups excluding carboxylic acids is 3. The summed E-state index contributed by atoms with van der Waals surface area (Å²) in [5.41, 5.74) is -2.72. The second-order valence-electron chi connectivity index (χ2n) is 11.2. The maximum Gasteiger partial charge on any atom is 0.416 e. The Morgan fingerprint density at radius 1 is 0.889 bits per heavy atom. The monoisotopic (exact) mass is 642 g/mol. The molecule has 0 aromatic heterocycles. The summed E-state index contributed by atoms with van der Waals surface area (Å²) in [5.74, 6) is -0.619. The predicted octanol–water partition coefficient (Wildman–Crippen LogP) is 4.35. The van der Waals surface area contributed by atoms with Crippen molar-refractivity contribution >= 4 is 17.9 Å². The lowest BCUT2D eigenvalue weighted by molar-refractivity contribution is -0.169. The molecule has 2 atom stereocenters. The smallest absolute Gasteiger partial charge is 0.416 e. The van der Waals surface area contributed by atoms with Crippen molar-refractivity contribution in [3.05, 3.63) is 70.8 Å². The zero-order valence-corrected chi connectivity index (χ0v) is 24.1. The molecular formula is C30H32F6N4O5. The van der Waals surface area contributed by atoms with Crippen molar-refractivity contribution in [2.24, 2.45) is 0 Å². The van der Waals surface area contributed by atoms with Gasteiger partial charge in [-0.25, -0.2) is 4.79 Å². The quantitative estimate of drug-likeness (QED) is 0.418. The van der Waals surface area contributed by atoms with Crippen molar-refractivity contribution in [3.8, 4) is 0 Å². The molecule has 3 heterocycles. The van der Waals surface area contributed by atoms with E-state index in [-0.39, 0.29) is 43.9 Å². The number of piperazine rings is 1. The SMILES string of the molecule is O=C1[C@H](CCN2CCOCC2)N2C(=O)CCN(C(=O)OCc3cc(C(F)(F)F)cc(C(F)(F)F)c3)[C@H]2CN1Cc1ccccc1. The van der Waals surface area contributed by atoms with E-state index < -0.39 is 54.0 Å². The molecule has 2 aromatic carbocycles. The Hall–Kier alpha value is -3.85. The normalized spacial score (nSPS) is 21.6. The van der Waals surface area contributed by atoms with Crippen LogP contribution < -0.4 is 0 Å². The Labute approximate surface area is 255 Å². The number of halogens is 6. The van der Waals surface area contributed by atoms with E-state index in [2.05, 4.69) is 4.90 Å². The topological polar surface area (TPSA) is 82.6 Å². The molecule has 3 fully saturated rings. The fraction of sp³-hybridized carbons (Fsp3) is 0.500. The first-order valence-corrected chi connectivity index (χ1v) is 14.5. The van der Waals surface area contributed by atoms with Gasteiger partial charge in [0.25, 0.3) is 0 Å². The number of rotatable bonds is 7. The van der Waals surface area contributed by atoms with E-state index in [4.69, 9.17) is 9.47 Å². The average molecular weight is 643 g/mol. The first kappa shape index (κ1) is 32.5. The lowest BCUT2D eigenvalue weighted by Gasteiger charge is -2.52. The highest BCUT2D eigenvalue weighted by molar-refractivity contribution is 5.90. The van der Waals surface area contributed by atoms with Crippen LogP contribution >= 0.6 is 0 Å². The van der Waals surface area contributed by atoms with Crippen LogP contribution in [0.5, 0.6) is 0 Å². The van der Waals surface area contributed by atoms with E-state index in [9.17, 15) is 40.7 Å². The number of morpholine rings is 1. The standard InChI is InChI=1S/C30H32F6N4O5/c31-29(32,33)22-14-21(15-23(16-22)30(34,35)36)19-45-28(43)39-9-7-26(41)40-24(6-8-37-10-12-44-13-11-37)27(42)38(18-25(39)40)17-20-4-2-1-3-5-20/h1-5,14-16,24-25H,6-13,17-19H2/t24-,25+/m0/s1. The molecule has 5 rings (SSSR count). The number of ether oxygens (including phenoxy) is 2. The summed E-state index contributed by atoms with van der Waals surface area (Å²) in [6.45, 7) is 2.10. The van der Waals surface area contributed by atoms with Gasteiger partial charge in [-0.15, -0.1) is 0 Å². The van der Waals surface area contributed by atoms with Gasteiger partial charge in [0.2, 0.25) is 11.8 Å². The highest BCUT2D eigenvalue weighted by atomic mass is 19.4. The lowest BCUT2D eigenvalue weighted by Crippen LogP contribution is -2.71. The Morgan fingerprint density at radius 2 is 1.53 bits per heavy atom. The Balaban J connectivity index is 1.37. The highest BCUT2D eigenvalue weighted by Crippen LogP contribution is 2.37. The van der Waals surface area contributed by atoms with Crippen LogP contribution in [-0.2, 0) is 44.6 Å². The van der Waals surface area contributed by atoms with Gasteiger partial charge < -0.3 is 19.3 Å². The van der Waals surface area contributed by atoms with Gasteiger partial charge in [-0.05, 0) is 35.7 Å². The lowest BCUT2D eigenvalue weighted by atomic mass is 10.0. The van der Waals surface area contributed by atoms with Gasteiger partial charge in [0, 0.05) is 39.1 Å². The molecule has 0 unspecified atom stereocenters. The number of benzene rings is 2. The molecule has 2 aromatic rings. The van der Waals surface area contributed by atoms with Gasteiger partial charge >= 0.3 is 18.4 Å². The van der Waals surface area contributed by atoms with Gasteiger partial charge in [-0.1, -0.05) is 30.3 Å². The number of hydrogen-bond donors (Lipinski definition) is 0. The van der Waals surface area contributed by atoms with Crippen molar-refractivity contribution in [2.45, 2.75) is 50.6 Å². The fourth-order valence-electron chi connectivity index (χ4n) is 5.88. The summed E-state index contributed by atoms with van der Waals surface area (Å²) in [6, 6.07) is 9.24. The van der Waals surface area contributed by atoms with Crippen LogP contribution in [0.15, 0.2) is 48.5 Å². The second-order valence-corrected chi connectivity index (χ2v) is 11.2. The molecule has 0 saturated carbocycles. The van der Waals surface area contributed by atoms with E-state index in [1.807, 2.05) is 30.3 Å². The molecule has 9 nitrogen and oxygen atoms in total. The molecule has 0 radical (unpaired) electrons. The average Bonchev–Trinajstić information content (AvgIpc) is 3.00. The molecule has 0 spiro atoms. The third-order valence-electron chi connectivity index (χ3n) is 8.13. The molecule has 3 aliphatic rings. The van der Waals surface area contributed by atoms with Crippen molar-refractivity contribution in [1.82, 2.24) is 19.6 Å². The number of alkyl halides is 6. The third-order valence-corrected chi connectivity index (χ3v) is 8.13. The maximum atomic E-state index is 13.8. The fourth-order valence-corrected chi connectivity index (χ4v) is 5.88. The van der Waals surface area contributed by atoms with Crippen LogP contribution in [-0.4, -0.2) is 95.7 Å². The number of hydrogen-bond acceptors (Lipinski definition) is 6. The third kappa shape index (κ3) is 7.69. The molecule has 0 bridgehead atoms. The minimum Gasteiger partial charge on any atom is -0.444 e. The minimum atomic E-state index is -5.05. The van der Waals surface area contributed by atoms with Crippen molar-refractivity contribution in [3.63, 3.8) is 0 Å². The van der Waals surface area contributed by atoms with Gasteiger partial charge in [0.05, 0.1) is 30.9 Å². The molecule has 0 N–H and O–H groups in total. The Kier molecular flexibility index (Phi) is 9.58. The van der Waals surface area contributed by atoms with Gasteiger partial charge in [0.15, 0.2) is 0 Å². The summed E-state index contributed by atoms with van der Waals surface area (Å²) in [4.78, 5) is 46.6. The van der Waals surface area contributed by atoms with E-state index in [1.165, 1.54) is 9.80 Å². The molecule has 0 aliphatic carbocycles. The molecule has 3 amide bonds. The van der Waals surface area contributed by atoms with Crippen molar-refractivity contribution in [1.29, 1.82) is 0 Å². The van der Waals surface area contributed by atoms with Crippen molar-refractivity contribution < 1.29 is 50.2 Å². The van der Waals surface area contributed by atoms with Crippen LogP contribution in [0.3, 0.4) is 0 Å². The number of amides is 3. The zero-order valence-electron chi connectivity index (χ0n) is 24.1. The summed E-state index contributed by atoms with van der Waals surface area (Å²) >= 11 is 0. The van der Waals surface area contributed by atoms with Gasteiger partial charge in [-0.2, -0.15) is 26.3 Å². The molecule has 3 aliphatic heterocycles. The summed E-state index contributed by atoms with van der Waals surface area (Å²) in [5, 5.41) is 0. The summed E-state index contributed by atoms with van der Waals surface area (Å²) < 4.78 is 90.6. The number of carbonyl (C=O) groups is 3. The van der Waals surface area contributed by atoms with Crippen LogP contribution in [0.25, 0.3) is 0 Å². The molecule has 15 heteroatoms. The van der Waals surface area contributed by atoms with Gasteiger partial charge in [0.1, 0.15) is 18.8 Å². The Morgan fingerprint density at radius 3 is 2.16 bits per heavy atom. The Bertz CT molecular complexity index is 1350. The van der Waals surface area contributed by atoms with Crippen molar-refractivity contribution in [2.75, 3.05) is 45.9 Å². The molecular weight excluding hydrogens is 610 g/mol. The largest absolute Gasteiger partial charge is 0.444 e. The molecule has 244 valence electrons. The van der Waals surface area contributed by atoms with E-state index in [0.717, 1.165) is 5.56 Å². The van der Waals surface area contributed by atoms with Gasteiger partial charge in [-0.3, -0.25) is 19.4 Å². The highest BCUT2D eigenvalue weighted by Gasteiger charge is 2.49. The van der Waals surface area contributed by atoms with Crippen LogP contribution in [0.4, 0.5) is 31.1 Å². The van der Waals surface area contributed by atoms with Crippen LogP contribution in [0, 0.1) is 0 Å². The van der Waals surface area contributed by atoms with E-state index >= 15 is 0 Å². The van der Waals surface area contributed by atoms with E-state index in [0.29, 0.717) is 51.4 Å². The van der Waals surface area contributed by atoms with E-state index in [1.54, 1.807) is 4.90 Å². The summed E-state index contributed by atoms with van der Waals surface area (Å²) in [7, 11) is 0. The maximum absolute atomic E-state index is 13.8. The second kappa shape index (κ2) is 13.3. The number of fused-ring (bicyclic) bond motifs is 1. The predicted molar refractivity (Wildman–Crippen MR) is 146 cm³/mol. The first-order valence-electron chi connectivity index (χ1n) is 14.5.